The normalized spacial score (nSPS) is 21.7. The summed E-state index contributed by atoms with van der Waals surface area (Å²) in [6.45, 7) is 1.61. The van der Waals surface area contributed by atoms with Gasteiger partial charge in [-0.25, -0.2) is 4.79 Å². The third-order valence-electron chi connectivity index (χ3n) is 5.62. The van der Waals surface area contributed by atoms with E-state index in [1.54, 1.807) is 6.92 Å². The topological polar surface area (TPSA) is 94.3 Å². The number of nitrogens with zero attached hydrogens (tertiary/aromatic N) is 1. The average Bonchev–Trinajstić information content (AvgIpc) is 3.36. The van der Waals surface area contributed by atoms with Gasteiger partial charge in [-0.05, 0) is 31.4 Å². The number of rotatable bonds is 5. The molecule has 2 aromatic rings. The van der Waals surface area contributed by atoms with Crippen molar-refractivity contribution in [2.45, 2.75) is 57.2 Å². The fraction of sp³-hybridized carbons (Fsp3) is 0.450. The lowest BCUT2D eigenvalue weighted by atomic mass is 10.0. The van der Waals surface area contributed by atoms with E-state index in [1.807, 2.05) is 30.5 Å². The van der Waals surface area contributed by atoms with E-state index in [1.165, 1.54) is 0 Å². The molecule has 27 heavy (non-hydrogen) atoms. The van der Waals surface area contributed by atoms with Crippen LogP contribution in [-0.4, -0.2) is 45.9 Å². The Morgan fingerprint density at radius 2 is 2.00 bits per heavy atom. The number of carbonyl (C=O) groups excluding carboxylic acids is 3. The Kier molecular flexibility index (Phi) is 4.59. The van der Waals surface area contributed by atoms with Gasteiger partial charge in [-0.3, -0.25) is 14.5 Å². The van der Waals surface area contributed by atoms with Crippen LogP contribution in [0.3, 0.4) is 0 Å². The van der Waals surface area contributed by atoms with Gasteiger partial charge in [0.05, 0.1) is 0 Å². The Labute approximate surface area is 157 Å². The van der Waals surface area contributed by atoms with Gasteiger partial charge in [0, 0.05) is 29.6 Å². The molecule has 0 spiro atoms. The van der Waals surface area contributed by atoms with Gasteiger partial charge < -0.3 is 15.6 Å². The molecule has 1 aromatic carbocycles. The molecule has 3 N–H and O–H groups in total. The second-order valence-electron chi connectivity index (χ2n) is 7.44. The molecule has 1 saturated carbocycles. The molecular formula is C20H24N4O3. The van der Waals surface area contributed by atoms with Crippen LogP contribution in [-0.2, 0) is 16.0 Å². The van der Waals surface area contributed by atoms with Crippen molar-refractivity contribution in [3.63, 3.8) is 0 Å². The first kappa shape index (κ1) is 17.6. The van der Waals surface area contributed by atoms with Gasteiger partial charge in [0.2, 0.25) is 5.91 Å². The van der Waals surface area contributed by atoms with Gasteiger partial charge in [-0.1, -0.05) is 31.0 Å². The zero-order valence-electron chi connectivity index (χ0n) is 15.3. The summed E-state index contributed by atoms with van der Waals surface area (Å²) in [4.78, 5) is 41.9. The van der Waals surface area contributed by atoms with Crippen molar-refractivity contribution in [3.05, 3.63) is 36.0 Å². The quantitative estimate of drug-likeness (QED) is 0.705. The molecule has 7 heteroatoms. The lowest BCUT2D eigenvalue weighted by Gasteiger charge is -2.23. The second kappa shape index (κ2) is 7.06. The Hall–Kier alpha value is -2.83. The predicted octanol–water partition coefficient (Wildman–Crippen LogP) is 2.08. The molecule has 4 rings (SSSR count). The summed E-state index contributed by atoms with van der Waals surface area (Å²) in [6.07, 6.45) is 6.39. The number of hydrogen-bond acceptors (Lipinski definition) is 3. The first-order valence-corrected chi connectivity index (χ1v) is 9.53. The summed E-state index contributed by atoms with van der Waals surface area (Å²) in [5.74, 6) is -0.613. The molecule has 0 unspecified atom stereocenters. The highest BCUT2D eigenvalue weighted by molar-refractivity contribution is 6.07. The Morgan fingerprint density at radius 3 is 2.78 bits per heavy atom. The van der Waals surface area contributed by atoms with Crippen LogP contribution < -0.4 is 10.6 Å². The van der Waals surface area contributed by atoms with Crippen molar-refractivity contribution in [3.8, 4) is 0 Å². The number of amides is 4. The summed E-state index contributed by atoms with van der Waals surface area (Å²) in [5.41, 5.74) is 1.96. The Balaban J connectivity index is 1.45. The number of aromatic nitrogens is 1. The number of imide groups is 1. The molecule has 0 bridgehead atoms. The SMILES string of the molecule is C[C@@H](C(=O)NC1CCCC1)N1C(=O)N[C@H](Cc2c[nH]c3ccccc23)C1=O. The van der Waals surface area contributed by atoms with Gasteiger partial charge in [0.1, 0.15) is 12.1 Å². The maximum atomic E-state index is 12.8. The van der Waals surface area contributed by atoms with Crippen molar-refractivity contribution >= 4 is 28.7 Å². The van der Waals surface area contributed by atoms with Crippen LogP contribution in [0.2, 0.25) is 0 Å². The summed E-state index contributed by atoms with van der Waals surface area (Å²) >= 11 is 0. The number of H-pyrrole nitrogens is 1. The molecule has 2 heterocycles. The fourth-order valence-electron chi connectivity index (χ4n) is 4.08. The zero-order valence-corrected chi connectivity index (χ0v) is 15.3. The van der Waals surface area contributed by atoms with Gasteiger partial charge in [-0.2, -0.15) is 0 Å². The fourth-order valence-corrected chi connectivity index (χ4v) is 4.08. The lowest BCUT2D eigenvalue weighted by molar-refractivity contribution is -0.135. The maximum Gasteiger partial charge on any atom is 0.325 e. The number of nitrogens with one attached hydrogen (secondary N) is 3. The molecule has 142 valence electrons. The first-order chi connectivity index (χ1) is 13.0. The van der Waals surface area contributed by atoms with Crippen molar-refractivity contribution in [2.75, 3.05) is 0 Å². The van der Waals surface area contributed by atoms with Crippen molar-refractivity contribution in [1.29, 1.82) is 0 Å². The van der Waals surface area contributed by atoms with Crippen LogP contribution in [0, 0.1) is 0 Å². The first-order valence-electron chi connectivity index (χ1n) is 9.53. The van der Waals surface area contributed by atoms with E-state index in [-0.39, 0.29) is 17.9 Å². The number of para-hydroxylation sites is 1. The van der Waals surface area contributed by atoms with E-state index in [2.05, 4.69) is 15.6 Å². The molecule has 0 radical (unpaired) electrons. The third-order valence-corrected chi connectivity index (χ3v) is 5.62. The Bertz CT molecular complexity index is 884. The van der Waals surface area contributed by atoms with Crippen LogP contribution in [0.1, 0.15) is 38.2 Å². The van der Waals surface area contributed by atoms with E-state index in [0.29, 0.717) is 6.42 Å². The number of benzene rings is 1. The number of hydrogen-bond donors (Lipinski definition) is 3. The highest BCUT2D eigenvalue weighted by atomic mass is 16.2. The molecule has 1 saturated heterocycles. The predicted molar refractivity (Wildman–Crippen MR) is 101 cm³/mol. The highest BCUT2D eigenvalue weighted by Crippen LogP contribution is 2.22. The monoisotopic (exact) mass is 368 g/mol. The van der Waals surface area contributed by atoms with Crippen LogP contribution in [0.5, 0.6) is 0 Å². The number of fused-ring (bicyclic) bond motifs is 1. The number of urea groups is 1. The van der Waals surface area contributed by atoms with Crippen molar-refractivity contribution in [1.82, 2.24) is 20.5 Å². The van der Waals surface area contributed by atoms with E-state index in [9.17, 15) is 14.4 Å². The van der Waals surface area contributed by atoms with E-state index >= 15 is 0 Å². The largest absolute Gasteiger partial charge is 0.361 e. The lowest BCUT2D eigenvalue weighted by Crippen LogP contribution is -2.50. The number of aromatic amines is 1. The minimum absolute atomic E-state index is 0.155. The van der Waals surface area contributed by atoms with Gasteiger partial charge in [-0.15, -0.1) is 0 Å². The average molecular weight is 368 g/mol. The summed E-state index contributed by atoms with van der Waals surface area (Å²) in [7, 11) is 0. The molecule has 1 aliphatic carbocycles. The molecule has 2 aliphatic rings. The third kappa shape index (κ3) is 3.29. The maximum absolute atomic E-state index is 12.8. The number of carbonyl (C=O) groups is 3. The smallest absolute Gasteiger partial charge is 0.325 e. The van der Waals surface area contributed by atoms with Crippen LogP contribution in [0.25, 0.3) is 10.9 Å². The minimum atomic E-state index is -0.814. The molecule has 4 amide bonds. The standard InChI is InChI=1S/C20H24N4O3/c1-12(18(25)22-14-6-2-3-7-14)24-19(26)17(23-20(24)27)10-13-11-21-16-9-5-4-8-15(13)16/h4-5,8-9,11-12,14,17,21H,2-3,6-7,10H2,1H3,(H,22,25)(H,23,27)/t12-,17+/m0/s1. The summed E-state index contributed by atoms with van der Waals surface area (Å²) in [5, 5.41) is 6.73. The molecule has 1 aliphatic heterocycles. The van der Waals surface area contributed by atoms with Crippen molar-refractivity contribution in [2.24, 2.45) is 0 Å². The summed E-state index contributed by atoms with van der Waals surface area (Å²) in [6, 6.07) is 6.02. The molecular weight excluding hydrogens is 344 g/mol. The van der Waals surface area contributed by atoms with Crippen molar-refractivity contribution < 1.29 is 14.4 Å². The van der Waals surface area contributed by atoms with E-state index in [4.69, 9.17) is 0 Å². The molecule has 1 aromatic heterocycles. The van der Waals surface area contributed by atoms with Gasteiger partial charge in [0.15, 0.2) is 0 Å². The Morgan fingerprint density at radius 1 is 1.26 bits per heavy atom. The van der Waals surface area contributed by atoms with Gasteiger partial charge >= 0.3 is 6.03 Å². The minimum Gasteiger partial charge on any atom is -0.361 e. The highest BCUT2D eigenvalue weighted by Gasteiger charge is 2.43. The molecule has 2 atom stereocenters. The van der Waals surface area contributed by atoms with Gasteiger partial charge in [0.25, 0.3) is 5.91 Å². The zero-order chi connectivity index (χ0) is 19.0. The van der Waals surface area contributed by atoms with Crippen LogP contribution in [0.4, 0.5) is 4.79 Å². The van der Waals surface area contributed by atoms with Crippen LogP contribution in [0.15, 0.2) is 30.5 Å². The van der Waals surface area contributed by atoms with E-state index in [0.717, 1.165) is 47.0 Å². The summed E-state index contributed by atoms with van der Waals surface area (Å²) < 4.78 is 0. The second-order valence-corrected chi connectivity index (χ2v) is 7.44. The molecule has 2 fully saturated rings. The van der Waals surface area contributed by atoms with E-state index < -0.39 is 18.1 Å². The van der Waals surface area contributed by atoms with Crippen LogP contribution >= 0.6 is 0 Å². The molecule has 7 nitrogen and oxygen atoms in total.